The topological polar surface area (TPSA) is 83.1 Å². The highest BCUT2D eigenvalue weighted by Gasteiger charge is 2.13. The molecule has 0 spiro atoms. The van der Waals surface area contributed by atoms with Gasteiger partial charge in [-0.3, -0.25) is 4.98 Å². The van der Waals surface area contributed by atoms with E-state index in [0.29, 0.717) is 22.4 Å². The van der Waals surface area contributed by atoms with E-state index in [1.54, 1.807) is 48.8 Å². The van der Waals surface area contributed by atoms with Gasteiger partial charge in [-0.25, -0.2) is 13.1 Å². The molecule has 3 N–H and O–H groups in total. The Bertz CT molecular complexity index is 1080. The van der Waals surface area contributed by atoms with Gasteiger partial charge < -0.3 is 10.6 Å². The quantitative estimate of drug-likeness (QED) is 0.480. The Hall–Kier alpha value is -2.52. The van der Waals surface area contributed by atoms with Gasteiger partial charge in [-0.1, -0.05) is 23.7 Å². The molecule has 6 nitrogen and oxygen atoms in total. The van der Waals surface area contributed by atoms with Gasteiger partial charge in [-0.15, -0.1) is 0 Å². The predicted octanol–water partition coefficient (Wildman–Crippen LogP) is 3.70. The van der Waals surface area contributed by atoms with Crippen LogP contribution in [0.3, 0.4) is 0 Å². The van der Waals surface area contributed by atoms with Crippen LogP contribution in [0.25, 0.3) is 0 Å². The first kappa shape index (κ1) is 21.2. The molecule has 150 valence electrons. The van der Waals surface area contributed by atoms with Crippen molar-refractivity contribution in [3.63, 3.8) is 0 Å². The number of sulfonamides is 1. The zero-order chi connectivity index (χ0) is 20.7. The van der Waals surface area contributed by atoms with E-state index >= 15 is 0 Å². The molecule has 0 saturated heterocycles. The lowest BCUT2D eigenvalue weighted by atomic mass is 10.2. The third kappa shape index (κ3) is 6.50. The van der Waals surface area contributed by atoms with Crippen molar-refractivity contribution >= 4 is 44.6 Å². The summed E-state index contributed by atoms with van der Waals surface area (Å²) in [5.74, 6) is 0. The fourth-order valence-corrected chi connectivity index (χ4v) is 3.90. The van der Waals surface area contributed by atoms with Crippen molar-refractivity contribution in [2.24, 2.45) is 0 Å². The first-order valence-electron chi connectivity index (χ1n) is 8.70. The van der Waals surface area contributed by atoms with Gasteiger partial charge >= 0.3 is 0 Å². The smallest absolute Gasteiger partial charge is 0.240 e. The van der Waals surface area contributed by atoms with Crippen LogP contribution in [0.5, 0.6) is 0 Å². The second-order valence-electron chi connectivity index (χ2n) is 6.14. The summed E-state index contributed by atoms with van der Waals surface area (Å²) in [4.78, 5) is 4.13. The van der Waals surface area contributed by atoms with Crippen LogP contribution >= 0.6 is 23.8 Å². The summed E-state index contributed by atoms with van der Waals surface area (Å²) >= 11 is 11.2. The molecule has 3 aromatic rings. The number of pyridine rings is 1. The van der Waals surface area contributed by atoms with Crippen LogP contribution in [0, 0.1) is 0 Å². The lowest BCUT2D eigenvalue weighted by molar-refractivity contribution is 0.581. The number of anilines is 1. The molecular weight excluding hydrogens is 428 g/mol. The minimum absolute atomic E-state index is 0.159. The van der Waals surface area contributed by atoms with Crippen molar-refractivity contribution in [3.8, 4) is 0 Å². The van der Waals surface area contributed by atoms with Crippen LogP contribution in [-0.4, -0.2) is 18.5 Å². The number of halogens is 1. The molecule has 0 atom stereocenters. The van der Waals surface area contributed by atoms with E-state index in [1.807, 2.05) is 12.1 Å². The van der Waals surface area contributed by atoms with E-state index in [2.05, 4.69) is 20.3 Å². The van der Waals surface area contributed by atoms with Gasteiger partial charge in [-0.2, -0.15) is 0 Å². The summed E-state index contributed by atoms with van der Waals surface area (Å²) in [6, 6.07) is 17.2. The number of benzene rings is 2. The molecule has 3 rings (SSSR count). The number of rotatable bonds is 7. The molecule has 1 aromatic heterocycles. The Morgan fingerprint density at radius 2 is 1.69 bits per heavy atom. The van der Waals surface area contributed by atoms with Crippen LogP contribution in [-0.2, 0) is 23.1 Å². The largest absolute Gasteiger partial charge is 0.358 e. The molecule has 9 heteroatoms. The molecule has 0 aliphatic heterocycles. The zero-order valence-corrected chi connectivity index (χ0v) is 17.7. The van der Waals surface area contributed by atoms with E-state index in [-0.39, 0.29) is 11.4 Å². The second-order valence-corrected chi connectivity index (χ2v) is 8.75. The third-order valence-corrected chi connectivity index (χ3v) is 5.88. The lowest BCUT2D eigenvalue weighted by Gasteiger charge is -2.11. The SMILES string of the molecule is O=S(=O)(NCc1cccc(Cl)c1)c1ccc(NC(=S)NCc2ccncc2)cc1. The third-order valence-electron chi connectivity index (χ3n) is 3.98. The second kappa shape index (κ2) is 9.80. The highest BCUT2D eigenvalue weighted by molar-refractivity contribution is 7.89. The van der Waals surface area contributed by atoms with Gasteiger partial charge in [0.05, 0.1) is 4.90 Å². The van der Waals surface area contributed by atoms with Gasteiger partial charge in [-0.05, 0) is 71.9 Å². The van der Waals surface area contributed by atoms with Crippen LogP contribution < -0.4 is 15.4 Å². The summed E-state index contributed by atoms with van der Waals surface area (Å²) in [7, 11) is -3.64. The number of hydrogen-bond acceptors (Lipinski definition) is 4. The molecule has 0 aliphatic carbocycles. The van der Waals surface area contributed by atoms with E-state index in [9.17, 15) is 8.42 Å². The van der Waals surface area contributed by atoms with Gasteiger partial charge in [0, 0.05) is 36.2 Å². The van der Waals surface area contributed by atoms with E-state index in [1.165, 1.54) is 12.1 Å². The lowest BCUT2D eigenvalue weighted by Crippen LogP contribution is -2.28. The minimum Gasteiger partial charge on any atom is -0.358 e. The fourth-order valence-electron chi connectivity index (χ4n) is 2.48. The first-order chi connectivity index (χ1) is 13.9. The number of thiocarbonyl (C=S) groups is 1. The van der Waals surface area contributed by atoms with Gasteiger partial charge in [0.15, 0.2) is 5.11 Å². The maximum atomic E-state index is 12.5. The van der Waals surface area contributed by atoms with E-state index in [4.69, 9.17) is 23.8 Å². The van der Waals surface area contributed by atoms with Crippen molar-refractivity contribution in [2.75, 3.05) is 5.32 Å². The average molecular weight is 447 g/mol. The highest BCUT2D eigenvalue weighted by Crippen LogP contribution is 2.15. The monoisotopic (exact) mass is 446 g/mol. The van der Waals surface area contributed by atoms with Crippen LogP contribution in [0.1, 0.15) is 11.1 Å². The van der Waals surface area contributed by atoms with Gasteiger partial charge in [0.2, 0.25) is 10.0 Å². The van der Waals surface area contributed by atoms with Crippen molar-refractivity contribution in [1.82, 2.24) is 15.0 Å². The Labute approximate surface area is 180 Å². The molecule has 0 radical (unpaired) electrons. The van der Waals surface area contributed by atoms with Crippen molar-refractivity contribution in [2.45, 2.75) is 18.0 Å². The summed E-state index contributed by atoms with van der Waals surface area (Å²) in [5.41, 5.74) is 2.52. The Morgan fingerprint density at radius 3 is 2.38 bits per heavy atom. The summed E-state index contributed by atoms with van der Waals surface area (Å²) in [6.07, 6.45) is 3.43. The number of nitrogens with one attached hydrogen (secondary N) is 3. The van der Waals surface area contributed by atoms with E-state index in [0.717, 1.165) is 11.1 Å². The number of nitrogens with zero attached hydrogens (tertiary/aromatic N) is 1. The van der Waals surface area contributed by atoms with Gasteiger partial charge in [0.25, 0.3) is 0 Å². The number of hydrogen-bond donors (Lipinski definition) is 3. The Kier molecular flexibility index (Phi) is 7.16. The normalized spacial score (nSPS) is 11.1. The summed E-state index contributed by atoms with van der Waals surface area (Å²) < 4.78 is 27.5. The van der Waals surface area contributed by atoms with Crippen molar-refractivity contribution in [1.29, 1.82) is 0 Å². The summed E-state index contributed by atoms with van der Waals surface area (Å²) in [6.45, 7) is 0.722. The Morgan fingerprint density at radius 1 is 0.966 bits per heavy atom. The number of aromatic nitrogens is 1. The van der Waals surface area contributed by atoms with Crippen LogP contribution in [0.2, 0.25) is 5.02 Å². The van der Waals surface area contributed by atoms with Crippen molar-refractivity contribution < 1.29 is 8.42 Å². The maximum absolute atomic E-state index is 12.5. The molecule has 0 unspecified atom stereocenters. The molecule has 29 heavy (non-hydrogen) atoms. The summed E-state index contributed by atoms with van der Waals surface area (Å²) in [5, 5.41) is 7.12. The van der Waals surface area contributed by atoms with Gasteiger partial charge in [0.1, 0.15) is 0 Å². The van der Waals surface area contributed by atoms with Crippen molar-refractivity contribution in [3.05, 3.63) is 89.2 Å². The first-order valence-corrected chi connectivity index (χ1v) is 11.0. The standard InChI is InChI=1S/C20H19ClN4O2S2/c21-17-3-1-2-16(12-17)14-24-29(26,27)19-6-4-18(5-7-19)25-20(28)23-13-15-8-10-22-11-9-15/h1-12,24H,13-14H2,(H2,23,25,28). The Balaban J connectivity index is 1.55. The molecule has 1 heterocycles. The van der Waals surface area contributed by atoms with Crippen LogP contribution in [0.15, 0.2) is 78.0 Å². The minimum atomic E-state index is -3.64. The zero-order valence-electron chi connectivity index (χ0n) is 15.3. The molecule has 0 fully saturated rings. The molecule has 0 saturated carbocycles. The molecule has 0 bridgehead atoms. The average Bonchev–Trinajstić information content (AvgIpc) is 2.72. The molecule has 0 aliphatic rings. The van der Waals surface area contributed by atoms with E-state index < -0.39 is 10.0 Å². The fraction of sp³-hybridized carbons (Fsp3) is 0.100. The predicted molar refractivity (Wildman–Crippen MR) is 119 cm³/mol. The molecular formula is C20H19ClN4O2S2. The maximum Gasteiger partial charge on any atom is 0.240 e. The van der Waals surface area contributed by atoms with Crippen LogP contribution in [0.4, 0.5) is 5.69 Å². The highest BCUT2D eigenvalue weighted by atomic mass is 35.5. The molecule has 0 amide bonds. The molecule has 2 aromatic carbocycles.